The highest BCUT2D eigenvalue weighted by Crippen LogP contribution is 2.54. The van der Waals surface area contributed by atoms with Crippen LogP contribution in [0.2, 0.25) is 0 Å². The number of carbonyl (C=O) groups excluding carboxylic acids is 2. The lowest BCUT2D eigenvalue weighted by Crippen LogP contribution is -2.18. The Hall–Kier alpha value is -3.42. The quantitative estimate of drug-likeness (QED) is 0.0242. The van der Waals surface area contributed by atoms with Crippen LogP contribution in [-0.4, -0.2) is 36.7 Å². The molecule has 2 atom stereocenters. The van der Waals surface area contributed by atoms with Gasteiger partial charge in [0.2, 0.25) is 0 Å². The van der Waals surface area contributed by atoms with Crippen molar-refractivity contribution in [2.75, 3.05) is 24.7 Å². The second-order valence-corrected chi connectivity index (χ2v) is 33.6. The van der Waals surface area contributed by atoms with Crippen molar-refractivity contribution in [1.82, 2.24) is 0 Å². The van der Waals surface area contributed by atoms with E-state index in [1.807, 2.05) is 0 Å². The van der Waals surface area contributed by atoms with Gasteiger partial charge in [-0.2, -0.15) is 0 Å². The van der Waals surface area contributed by atoms with Crippen molar-refractivity contribution in [1.29, 1.82) is 0 Å². The van der Waals surface area contributed by atoms with Gasteiger partial charge in [0.25, 0.3) is 0 Å². The third kappa shape index (κ3) is 43.0. The van der Waals surface area contributed by atoms with Crippen LogP contribution in [0.5, 0.6) is 23.0 Å². The van der Waals surface area contributed by atoms with E-state index in [1.54, 1.807) is 22.8 Å². The summed E-state index contributed by atoms with van der Waals surface area (Å²) in [5.41, 5.74) is 4.81. The third-order valence-corrected chi connectivity index (χ3v) is 24.3. The Morgan fingerprint density at radius 3 is 0.947 bits per heavy atom. The predicted octanol–water partition coefficient (Wildman–Crippen LogP) is 28.3. The lowest BCUT2D eigenvalue weighted by molar-refractivity contribution is -0.144. The Kier molecular flexibility index (Phi) is 50.7. The third-order valence-electron chi connectivity index (χ3n) is 18.3. The fraction of sp³-hybridized carbons (Fsp3) is 0.687. The Labute approximate surface area is 592 Å². The van der Waals surface area contributed by atoms with Gasteiger partial charge in [0.15, 0.2) is 0 Å². The van der Waals surface area contributed by atoms with E-state index in [-0.39, 0.29) is 17.4 Å². The molecule has 0 saturated carbocycles. The fourth-order valence-corrected chi connectivity index (χ4v) is 17.8. The molecule has 0 aliphatic carbocycles. The van der Waals surface area contributed by atoms with Gasteiger partial charge in [-0.25, -0.2) is 0 Å². The molecular weight excluding hydrogens is 1250 g/mol. The molecular formula is C83H134O8P2S2. The zero-order valence-corrected chi connectivity index (χ0v) is 64.5. The topological polar surface area (TPSA) is 89.5 Å². The SMILES string of the molecule is CCCCCCCCCOC(=O)CCCCCCCCCSP(Oc1ccc(C(C)(C)c2ccc(OP(Oc3cccc(CCCCCCCCC)c3)SCCCCCCCCCC(=O)OCCCCCCCCC)cc2)cc1)Oc1cccc(CCCCCCCCC)c1. The first kappa shape index (κ1) is 84.0. The van der Waals surface area contributed by atoms with Gasteiger partial charge in [0.1, 0.15) is 23.0 Å². The minimum Gasteiger partial charge on any atom is -0.466 e. The first-order valence-electron chi connectivity index (χ1n) is 38.9. The second kappa shape index (κ2) is 57.3. The van der Waals surface area contributed by atoms with Gasteiger partial charge < -0.3 is 27.6 Å². The minimum absolute atomic E-state index is 0.0266. The summed E-state index contributed by atoms with van der Waals surface area (Å²) in [6.45, 7) is 14.8. The number of aryl methyl sites for hydroxylation is 2. The molecule has 4 aromatic rings. The molecule has 0 fully saturated rings. The number of unbranched alkanes of at least 4 members (excludes halogenated alkanes) is 36. The van der Waals surface area contributed by atoms with Crippen LogP contribution in [0.4, 0.5) is 0 Å². The van der Waals surface area contributed by atoms with Crippen LogP contribution >= 0.6 is 37.9 Å². The van der Waals surface area contributed by atoms with Gasteiger partial charge in [-0.1, -0.05) is 308 Å². The summed E-state index contributed by atoms with van der Waals surface area (Å²) in [5.74, 6) is 5.31. The smallest absolute Gasteiger partial charge is 0.360 e. The molecule has 4 aromatic carbocycles. The van der Waals surface area contributed by atoms with Crippen molar-refractivity contribution in [3.63, 3.8) is 0 Å². The minimum atomic E-state index is -1.30. The molecule has 0 bridgehead atoms. The molecule has 0 spiro atoms. The van der Waals surface area contributed by atoms with Gasteiger partial charge >= 0.3 is 27.1 Å². The van der Waals surface area contributed by atoms with Gasteiger partial charge in [-0.05, 0) is 158 Å². The molecule has 0 saturated heterocycles. The first-order valence-corrected chi connectivity index (χ1v) is 44.4. The van der Waals surface area contributed by atoms with Crippen LogP contribution < -0.4 is 18.1 Å². The Morgan fingerprint density at radius 1 is 0.326 bits per heavy atom. The number of hydrogen-bond acceptors (Lipinski definition) is 10. The lowest BCUT2D eigenvalue weighted by atomic mass is 9.78. The van der Waals surface area contributed by atoms with Crippen molar-refractivity contribution >= 4 is 49.9 Å². The molecule has 0 aliphatic rings. The van der Waals surface area contributed by atoms with Crippen molar-refractivity contribution in [2.45, 2.75) is 342 Å². The molecule has 0 amide bonds. The monoisotopic (exact) mass is 1380 g/mol. The standard InChI is InChI=1S/C83H134O8P2S2/c1-7-11-15-19-25-33-41-51-73-53-49-55-79(71-73)90-92(94-69-47-39-31-23-27-35-43-57-81(84)86-67-45-37-29-21-17-13-9-3)88-77-63-59-75(60-64-77)83(5,6)76-61-65-78(66-62-76)89-93(91-80-56-50-54-74(72-80)52-42-34-26-20-16-12-8-2)95-70-48-40-32-24-28-36-44-58-82(85)87-68-46-38-30-22-18-14-10-4/h49-50,53-56,59-66,71-72H,7-48,51-52,57-58,67-70H2,1-6H3. The summed E-state index contributed by atoms with van der Waals surface area (Å²) < 4.78 is 38.1. The van der Waals surface area contributed by atoms with Crippen LogP contribution in [0.25, 0.3) is 0 Å². The predicted molar refractivity (Wildman–Crippen MR) is 414 cm³/mol. The normalized spacial score (nSPS) is 12.2. The molecule has 0 heterocycles. The average molecular weight is 1390 g/mol. The van der Waals surface area contributed by atoms with Gasteiger partial charge in [-0.15, -0.1) is 0 Å². The van der Waals surface area contributed by atoms with Gasteiger partial charge in [0, 0.05) is 29.8 Å². The van der Waals surface area contributed by atoms with Crippen molar-refractivity contribution in [2.24, 2.45) is 0 Å². The van der Waals surface area contributed by atoms with E-state index >= 15 is 0 Å². The van der Waals surface area contributed by atoms with Gasteiger partial charge in [-0.3, -0.25) is 9.59 Å². The molecule has 2 unspecified atom stereocenters. The number of ether oxygens (including phenoxy) is 2. The maximum Gasteiger partial charge on any atom is 0.360 e. The van der Waals surface area contributed by atoms with E-state index in [4.69, 9.17) is 27.6 Å². The average Bonchev–Trinajstić information content (AvgIpc) is 0.964. The molecule has 0 aliphatic heterocycles. The molecule has 8 nitrogen and oxygen atoms in total. The lowest BCUT2D eigenvalue weighted by Gasteiger charge is -2.27. The zero-order chi connectivity index (χ0) is 67.8. The molecule has 0 N–H and O–H groups in total. The number of hydrogen-bond donors (Lipinski definition) is 0. The van der Waals surface area contributed by atoms with Gasteiger partial charge in [0.05, 0.1) is 13.2 Å². The fourth-order valence-electron chi connectivity index (χ4n) is 12.0. The molecule has 0 radical (unpaired) electrons. The van der Waals surface area contributed by atoms with E-state index in [0.717, 1.165) is 124 Å². The van der Waals surface area contributed by atoms with E-state index in [2.05, 4.69) is 139 Å². The highest BCUT2D eigenvalue weighted by Gasteiger charge is 2.25. The number of rotatable bonds is 64. The number of esters is 2. The summed E-state index contributed by atoms with van der Waals surface area (Å²) in [4.78, 5) is 24.6. The Morgan fingerprint density at radius 2 is 0.611 bits per heavy atom. The van der Waals surface area contributed by atoms with E-state index in [0.29, 0.717) is 26.1 Å². The highest BCUT2D eigenvalue weighted by molar-refractivity contribution is 8.53. The number of carbonyl (C=O) groups is 2. The van der Waals surface area contributed by atoms with Crippen LogP contribution in [0.1, 0.15) is 346 Å². The summed E-state index contributed by atoms with van der Waals surface area (Å²) in [5, 5.41) is 0. The van der Waals surface area contributed by atoms with Crippen LogP contribution in [0.3, 0.4) is 0 Å². The Bertz CT molecular complexity index is 2290. The van der Waals surface area contributed by atoms with Crippen molar-refractivity contribution < 1.29 is 37.2 Å². The summed E-state index contributed by atoms with van der Waals surface area (Å²) in [6.07, 6.45) is 54.4. The zero-order valence-electron chi connectivity index (χ0n) is 61.1. The largest absolute Gasteiger partial charge is 0.466 e. The summed E-state index contributed by atoms with van der Waals surface area (Å²) >= 11 is 3.61. The summed E-state index contributed by atoms with van der Waals surface area (Å²) in [7, 11) is -2.59. The van der Waals surface area contributed by atoms with Crippen LogP contribution in [-0.2, 0) is 37.3 Å². The summed E-state index contributed by atoms with van der Waals surface area (Å²) in [6, 6.07) is 34.7. The molecule has 95 heavy (non-hydrogen) atoms. The highest BCUT2D eigenvalue weighted by atomic mass is 32.7. The molecule has 12 heteroatoms. The van der Waals surface area contributed by atoms with E-state index < -0.39 is 15.2 Å². The van der Waals surface area contributed by atoms with Crippen molar-refractivity contribution in [3.05, 3.63) is 119 Å². The van der Waals surface area contributed by atoms with Crippen molar-refractivity contribution in [3.8, 4) is 23.0 Å². The first-order chi connectivity index (χ1) is 46.6. The Balaban J connectivity index is 1.29. The van der Waals surface area contributed by atoms with E-state index in [1.165, 1.54) is 215 Å². The maximum absolute atomic E-state index is 12.3. The van der Waals surface area contributed by atoms with Crippen LogP contribution in [0, 0.1) is 0 Å². The number of benzene rings is 4. The second-order valence-electron chi connectivity index (χ2n) is 27.3. The molecule has 536 valence electrons. The molecule has 0 aromatic heterocycles. The maximum atomic E-state index is 12.3. The molecule has 4 rings (SSSR count). The van der Waals surface area contributed by atoms with Crippen LogP contribution in [0.15, 0.2) is 97.1 Å². The van der Waals surface area contributed by atoms with E-state index in [9.17, 15) is 9.59 Å².